The molecule has 0 spiro atoms. The van der Waals surface area contributed by atoms with E-state index in [0.29, 0.717) is 0 Å². The number of rotatable bonds is 33. The lowest BCUT2D eigenvalue weighted by Gasteiger charge is -2.09. The van der Waals surface area contributed by atoms with Crippen molar-refractivity contribution in [3.8, 4) is 0 Å². The standard InChI is InChI=1S/C34H69BrCl2Si/c1-38(36,37)34-32-30-28-26-24-22-20-18-16-14-12-10-8-6-4-2-3-5-7-9-11-13-15-17-19-21-23-25-27-29-31-33-35/h2-34H2,1H3. The summed E-state index contributed by atoms with van der Waals surface area (Å²) in [7, 11) is 0. The van der Waals surface area contributed by atoms with Gasteiger partial charge in [0.25, 0.3) is 0 Å². The van der Waals surface area contributed by atoms with Crippen molar-refractivity contribution in [3.63, 3.8) is 0 Å². The Balaban J connectivity index is 3.04. The molecule has 0 saturated carbocycles. The van der Waals surface area contributed by atoms with Crippen LogP contribution in [0.1, 0.15) is 199 Å². The lowest BCUT2D eigenvalue weighted by atomic mass is 10.0. The average Bonchev–Trinajstić information content (AvgIpc) is 2.88. The molecule has 0 amide bonds. The van der Waals surface area contributed by atoms with Crippen molar-refractivity contribution >= 4 is 44.8 Å². The van der Waals surface area contributed by atoms with Crippen LogP contribution in [-0.2, 0) is 0 Å². The summed E-state index contributed by atoms with van der Waals surface area (Å²) in [5.41, 5.74) is 0. The van der Waals surface area contributed by atoms with Crippen LogP contribution < -0.4 is 0 Å². The maximum Gasteiger partial charge on any atom is 0.248 e. The van der Waals surface area contributed by atoms with E-state index in [4.69, 9.17) is 22.2 Å². The highest BCUT2D eigenvalue weighted by Crippen LogP contribution is 2.23. The quantitative estimate of drug-likeness (QED) is 0.0285. The van der Waals surface area contributed by atoms with Gasteiger partial charge in [0.2, 0.25) is 6.69 Å². The van der Waals surface area contributed by atoms with E-state index in [0.717, 1.165) is 6.04 Å². The van der Waals surface area contributed by atoms with E-state index in [1.54, 1.807) is 0 Å². The molecule has 0 aliphatic heterocycles. The molecule has 0 bridgehead atoms. The van der Waals surface area contributed by atoms with Crippen LogP contribution in [0, 0.1) is 0 Å². The average molecular weight is 657 g/mol. The third-order valence-corrected chi connectivity index (χ3v) is 11.2. The molecule has 0 fully saturated rings. The van der Waals surface area contributed by atoms with Crippen molar-refractivity contribution < 1.29 is 0 Å². The first kappa shape index (κ1) is 39.3. The number of halogens is 3. The minimum atomic E-state index is -1.84. The van der Waals surface area contributed by atoms with Crippen LogP contribution in [0.2, 0.25) is 12.6 Å². The summed E-state index contributed by atoms with van der Waals surface area (Å²) in [6, 6.07) is 1.06. The molecule has 0 unspecified atom stereocenters. The van der Waals surface area contributed by atoms with E-state index < -0.39 is 6.69 Å². The second-order valence-electron chi connectivity index (χ2n) is 12.5. The van der Waals surface area contributed by atoms with Crippen molar-refractivity contribution in [2.75, 3.05) is 5.33 Å². The van der Waals surface area contributed by atoms with E-state index in [-0.39, 0.29) is 0 Å². The SMILES string of the molecule is C[Si](Cl)(Cl)CCCCCCCCCCCCCCCCCCCCCCCCCCCCCCCCCBr. The van der Waals surface area contributed by atoms with E-state index in [9.17, 15) is 0 Å². The molecule has 0 aromatic heterocycles. The highest BCUT2D eigenvalue weighted by molar-refractivity contribution is 9.09. The Bertz CT molecular complexity index is 427. The summed E-state index contributed by atoms with van der Waals surface area (Å²) in [5.74, 6) is 0. The van der Waals surface area contributed by atoms with Gasteiger partial charge in [0.1, 0.15) is 0 Å². The highest BCUT2D eigenvalue weighted by Gasteiger charge is 2.19. The van der Waals surface area contributed by atoms with Gasteiger partial charge < -0.3 is 0 Å². The maximum absolute atomic E-state index is 6.16. The smallest absolute Gasteiger partial charge is 0.146 e. The molecule has 38 heavy (non-hydrogen) atoms. The van der Waals surface area contributed by atoms with Crippen molar-refractivity contribution in [3.05, 3.63) is 0 Å². The number of unbranched alkanes of at least 4 members (excludes halogenated alkanes) is 30. The van der Waals surface area contributed by atoms with Crippen LogP contribution in [0.5, 0.6) is 0 Å². The molecule has 0 aliphatic rings. The fourth-order valence-corrected chi connectivity index (χ4v) is 7.73. The van der Waals surface area contributed by atoms with Gasteiger partial charge in [-0.2, -0.15) is 0 Å². The van der Waals surface area contributed by atoms with E-state index in [2.05, 4.69) is 15.9 Å². The fraction of sp³-hybridized carbons (Fsp3) is 1.00. The molecule has 0 heterocycles. The molecule has 4 heteroatoms. The Hall–Kier alpha value is 1.28. The minimum absolute atomic E-state index is 1.06. The predicted octanol–water partition coefficient (Wildman–Crippen LogP) is 15.0. The molecule has 0 rings (SSSR count). The fourth-order valence-electron chi connectivity index (χ4n) is 5.66. The largest absolute Gasteiger partial charge is 0.248 e. The molecular formula is C34H69BrCl2Si. The second kappa shape index (κ2) is 32.8. The molecule has 0 N–H and O–H groups in total. The zero-order valence-corrected chi connectivity index (χ0v) is 30.1. The molecular weight excluding hydrogens is 587 g/mol. The van der Waals surface area contributed by atoms with Gasteiger partial charge >= 0.3 is 0 Å². The lowest BCUT2D eigenvalue weighted by Crippen LogP contribution is -2.11. The Morgan fingerprint density at radius 1 is 0.316 bits per heavy atom. The maximum atomic E-state index is 6.16. The number of alkyl halides is 1. The molecule has 0 radical (unpaired) electrons. The zero-order chi connectivity index (χ0) is 27.8. The van der Waals surface area contributed by atoms with Gasteiger partial charge in [-0.3, -0.25) is 0 Å². The molecule has 230 valence electrons. The number of hydrogen-bond acceptors (Lipinski definition) is 0. The zero-order valence-electron chi connectivity index (χ0n) is 26.0. The summed E-state index contributed by atoms with van der Waals surface area (Å²) in [5, 5.41) is 1.18. The topological polar surface area (TPSA) is 0 Å². The first-order chi connectivity index (χ1) is 18.6. The third-order valence-electron chi connectivity index (χ3n) is 8.25. The predicted molar refractivity (Wildman–Crippen MR) is 185 cm³/mol. The van der Waals surface area contributed by atoms with Gasteiger partial charge in [0, 0.05) is 5.33 Å². The van der Waals surface area contributed by atoms with E-state index in [1.807, 2.05) is 6.55 Å². The Kier molecular flexibility index (Phi) is 33.9. The first-order valence-corrected chi connectivity index (χ1v) is 23.4. The molecule has 0 aliphatic carbocycles. The van der Waals surface area contributed by atoms with Crippen LogP contribution in [0.4, 0.5) is 0 Å². The summed E-state index contributed by atoms with van der Waals surface area (Å²) < 4.78 is 0. The van der Waals surface area contributed by atoms with Gasteiger partial charge in [-0.1, -0.05) is 209 Å². The van der Waals surface area contributed by atoms with Crippen molar-refractivity contribution in [1.29, 1.82) is 0 Å². The first-order valence-electron chi connectivity index (χ1n) is 17.5. The number of hydrogen-bond donors (Lipinski definition) is 0. The van der Waals surface area contributed by atoms with Crippen LogP contribution in [-0.4, -0.2) is 12.0 Å². The summed E-state index contributed by atoms with van der Waals surface area (Å²) in [6.45, 7) is 0.202. The van der Waals surface area contributed by atoms with Gasteiger partial charge in [-0.25, -0.2) is 0 Å². The van der Waals surface area contributed by atoms with Gasteiger partial charge in [-0.15, -0.1) is 22.2 Å². The van der Waals surface area contributed by atoms with Gasteiger partial charge in [-0.05, 0) is 19.0 Å². The van der Waals surface area contributed by atoms with Crippen molar-refractivity contribution in [1.82, 2.24) is 0 Å². The Labute approximate surface area is 260 Å². The van der Waals surface area contributed by atoms with Crippen LogP contribution >= 0.6 is 38.1 Å². The van der Waals surface area contributed by atoms with E-state index in [1.165, 1.54) is 204 Å². The highest BCUT2D eigenvalue weighted by atomic mass is 79.9. The summed E-state index contributed by atoms with van der Waals surface area (Å²) in [6.07, 6.45) is 44.9. The van der Waals surface area contributed by atoms with Crippen LogP contribution in [0.3, 0.4) is 0 Å². The summed E-state index contributed by atoms with van der Waals surface area (Å²) in [4.78, 5) is 0. The van der Waals surface area contributed by atoms with Crippen molar-refractivity contribution in [2.24, 2.45) is 0 Å². The molecule has 0 nitrogen and oxygen atoms in total. The molecule has 0 saturated heterocycles. The Morgan fingerprint density at radius 3 is 0.632 bits per heavy atom. The van der Waals surface area contributed by atoms with Crippen molar-refractivity contribution in [2.45, 2.75) is 212 Å². The summed E-state index contributed by atoms with van der Waals surface area (Å²) >= 11 is 15.8. The monoisotopic (exact) mass is 654 g/mol. The van der Waals surface area contributed by atoms with Gasteiger partial charge in [0.15, 0.2) is 0 Å². The Morgan fingerprint density at radius 2 is 0.474 bits per heavy atom. The second-order valence-corrected chi connectivity index (χ2v) is 21.5. The normalized spacial score (nSPS) is 12.0. The molecule has 0 atom stereocenters. The van der Waals surface area contributed by atoms with E-state index >= 15 is 0 Å². The minimum Gasteiger partial charge on any atom is -0.146 e. The lowest BCUT2D eigenvalue weighted by molar-refractivity contribution is 0.513. The molecule has 0 aromatic rings. The molecule has 0 aromatic carbocycles. The van der Waals surface area contributed by atoms with Crippen LogP contribution in [0.25, 0.3) is 0 Å². The van der Waals surface area contributed by atoms with Crippen LogP contribution in [0.15, 0.2) is 0 Å². The third kappa shape index (κ3) is 37.3. The van der Waals surface area contributed by atoms with Gasteiger partial charge in [0.05, 0.1) is 0 Å².